The zero-order valence-corrected chi connectivity index (χ0v) is 19.6. The Morgan fingerprint density at radius 3 is 2.41 bits per heavy atom. The number of carboxylic acids is 2. The Hall–Kier alpha value is -2.16. The fraction of sp³-hybridized carbons (Fsp3) is 0.667. The van der Waals surface area contributed by atoms with Gasteiger partial charge in [-0.2, -0.15) is 0 Å². The number of aliphatic hydroxyl groups is 2. The van der Waals surface area contributed by atoms with Crippen molar-refractivity contribution in [1.29, 1.82) is 0 Å². The van der Waals surface area contributed by atoms with Crippen LogP contribution in [0.4, 0.5) is 0 Å². The molecule has 2 fully saturated rings. The van der Waals surface area contributed by atoms with Crippen molar-refractivity contribution in [2.45, 2.75) is 65.0 Å². The van der Waals surface area contributed by atoms with E-state index in [-0.39, 0.29) is 6.61 Å². The lowest BCUT2D eigenvalue weighted by atomic mass is 9.74. The van der Waals surface area contributed by atoms with Crippen molar-refractivity contribution in [3.8, 4) is 0 Å². The first-order chi connectivity index (χ1) is 15.3. The van der Waals surface area contributed by atoms with E-state index >= 15 is 0 Å². The molecular weight excluding hydrogens is 414 g/mol. The summed E-state index contributed by atoms with van der Waals surface area (Å²) >= 11 is 0. The van der Waals surface area contributed by atoms with Crippen molar-refractivity contribution in [3.63, 3.8) is 0 Å². The van der Waals surface area contributed by atoms with E-state index in [9.17, 15) is 9.90 Å². The predicted octanol–water partition coefficient (Wildman–Crippen LogP) is 3.32. The fourth-order valence-electron chi connectivity index (χ4n) is 4.39. The van der Waals surface area contributed by atoms with Crippen LogP contribution < -0.4 is 5.32 Å². The summed E-state index contributed by atoms with van der Waals surface area (Å²) in [5, 5.41) is 36.5. The Morgan fingerprint density at radius 1 is 1.22 bits per heavy atom. The van der Waals surface area contributed by atoms with E-state index in [1.165, 1.54) is 18.4 Å². The standard InChI is InChI=1S/C20H31NO4.C2H4O3.C2H6/c1-3-4-5-18(25-13-20(23)24)16-8-10-17-14(6-7-15(17)12-16)9-11-19(22)21-2;3-1-2(4)5;1-2/h3-5,14-15,17,19,21-22H,1,6-13H2,2H3,(H,23,24);3H,1H2,(H,4,5);1-2H3/b5-4-,18-16-;;. The molecule has 4 unspecified atom stereocenters. The molecule has 5 N–H and O–H groups in total. The molecule has 2 rings (SSSR count). The van der Waals surface area contributed by atoms with Gasteiger partial charge in [-0.05, 0) is 81.4 Å². The third-order valence-electron chi connectivity index (χ3n) is 5.77. The van der Waals surface area contributed by atoms with Crippen LogP contribution in [0.2, 0.25) is 0 Å². The number of carbonyl (C=O) groups is 2. The van der Waals surface area contributed by atoms with Gasteiger partial charge in [-0.3, -0.25) is 5.32 Å². The van der Waals surface area contributed by atoms with Crippen molar-refractivity contribution in [2.75, 3.05) is 20.3 Å². The molecule has 0 saturated heterocycles. The molecule has 0 heterocycles. The Bertz CT molecular complexity index is 630. The molecule has 0 aromatic rings. The van der Waals surface area contributed by atoms with Crippen LogP contribution in [-0.4, -0.2) is 58.9 Å². The van der Waals surface area contributed by atoms with E-state index < -0.39 is 24.8 Å². The van der Waals surface area contributed by atoms with Crippen molar-refractivity contribution >= 4 is 11.9 Å². The fourth-order valence-corrected chi connectivity index (χ4v) is 4.39. The van der Waals surface area contributed by atoms with Crippen molar-refractivity contribution < 1.29 is 34.8 Å². The number of allylic oxidation sites excluding steroid dienone is 4. The van der Waals surface area contributed by atoms with E-state index in [0.29, 0.717) is 17.6 Å². The quantitative estimate of drug-likeness (QED) is 0.192. The molecule has 32 heavy (non-hydrogen) atoms. The van der Waals surface area contributed by atoms with Gasteiger partial charge in [0.1, 0.15) is 18.6 Å². The third-order valence-corrected chi connectivity index (χ3v) is 5.77. The molecular formula is C24H41NO7. The molecule has 4 atom stereocenters. The normalized spacial score (nSPS) is 24.2. The maximum atomic E-state index is 10.8. The molecule has 2 aliphatic carbocycles. The van der Waals surface area contributed by atoms with Gasteiger partial charge in [0.05, 0.1) is 0 Å². The number of nitrogens with one attached hydrogen (secondary N) is 1. The van der Waals surface area contributed by atoms with Crippen LogP contribution in [-0.2, 0) is 14.3 Å². The first-order valence-corrected chi connectivity index (χ1v) is 11.4. The molecule has 184 valence electrons. The molecule has 2 saturated carbocycles. The topological polar surface area (TPSA) is 136 Å². The number of hydrogen-bond donors (Lipinski definition) is 5. The van der Waals surface area contributed by atoms with Gasteiger partial charge in [-0.1, -0.05) is 32.6 Å². The van der Waals surface area contributed by atoms with Crippen molar-refractivity contribution in [2.24, 2.45) is 17.8 Å². The van der Waals surface area contributed by atoms with Gasteiger partial charge in [0.15, 0.2) is 6.61 Å². The Balaban J connectivity index is 0.00000121. The molecule has 0 aromatic carbocycles. The Labute approximate surface area is 191 Å². The summed E-state index contributed by atoms with van der Waals surface area (Å²) in [6.07, 6.45) is 12.3. The SMILES string of the molecule is C=C/C=C\C(OCC(=O)O)=C1/CCC2C(CCC(O)NC)CCC2C1.CC.O=C(O)CO. The highest BCUT2D eigenvalue weighted by Gasteiger charge is 2.39. The van der Waals surface area contributed by atoms with E-state index in [0.717, 1.165) is 38.0 Å². The van der Waals surface area contributed by atoms with E-state index in [1.807, 2.05) is 19.9 Å². The molecule has 0 radical (unpaired) electrons. The highest BCUT2D eigenvalue weighted by Crippen LogP contribution is 2.49. The molecule has 8 heteroatoms. The summed E-state index contributed by atoms with van der Waals surface area (Å²) in [4.78, 5) is 19.9. The van der Waals surface area contributed by atoms with E-state index in [1.54, 1.807) is 19.2 Å². The summed E-state index contributed by atoms with van der Waals surface area (Å²) in [6.45, 7) is 6.59. The summed E-state index contributed by atoms with van der Waals surface area (Å²) in [5.74, 6) is 0.627. The number of fused-ring (bicyclic) bond motifs is 1. The molecule has 0 aliphatic heterocycles. The molecule has 0 aromatic heterocycles. The van der Waals surface area contributed by atoms with Crippen LogP contribution in [0.25, 0.3) is 0 Å². The first-order valence-electron chi connectivity index (χ1n) is 11.4. The summed E-state index contributed by atoms with van der Waals surface area (Å²) in [6, 6.07) is 0. The monoisotopic (exact) mass is 455 g/mol. The van der Waals surface area contributed by atoms with E-state index in [4.69, 9.17) is 24.9 Å². The number of rotatable bonds is 10. The highest BCUT2D eigenvalue weighted by atomic mass is 16.5. The molecule has 0 bridgehead atoms. The van der Waals surface area contributed by atoms with E-state index in [2.05, 4.69) is 11.9 Å². The van der Waals surface area contributed by atoms with Crippen LogP contribution in [0.15, 0.2) is 36.1 Å². The van der Waals surface area contributed by atoms with Crippen LogP contribution in [0, 0.1) is 17.8 Å². The van der Waals surface area contributed by atoms with Crippen LogP contribution in [0.1, 0.15) is 58.8 Å². The second-order valence-electron chi connectivity index (χ2n) is 7.68. The van der Waals surface area contributed by atoms with Crippen LogP contribution in [0.5, 0.6) is 0 Å². The minimum Gasteiger partial charge on any atom is -0.482 e. The maximum absolute atomic E-state index is 10.8. The van der Waals surface area contributed by atoms with Gasteiger partial charge in [0.25, 0.3) is 0 Å². The lowest BCUT2D eigenvalue weighted by Crippen LogP contribution is -2.27. The number of ether oxygens (including phenoxy) is 1. The molecule has 0 amide bonds. The Kier molecular flexibility index (Phi) is 16.2. The van der Waals surface area contributed by atoms with Crippen LogP contribution >= 0.6 is 0 Å². The number of aliphatic hydroxyl groups excluding tert-OH is 2. The zero-order valence-electron chi connectivity index (χ0n) is 19.6. The van der Waals surface area contributed by atoms with Gasteiger partial charge in [0, 0.05) is 0 Å². The van der Waals surface area contributed by atoms with Gasteiger partial charge >= 0.3 is 11.9 Å². The predicted molar refractivity (Wildman–Crippen MR) is 124 cm³/mol. The smallest absolute Gasteiger partial charge is 0.341 e. The average molecular weight is 456 g/mol. The van der Waals surface area contributed by atoms with Crippen molar-refractivity contribution in [1.82, 2.24) is 5.32 Å². The largest absolute Gasteiger partial charge is 0.482 e. The highest BCUT2D eigenvalue weighted by molar-refractivity contribution is 5.68. The minimum absolute atomic E-state index is 0.307. The minimum atomic E-state index is -1.19. The first kappa shape index (κ1) is 29.8. The molecule has 0 spiro atoms. The zero-order chi connectivity index (χ0) is 24.5. The van der Waals surface area contributed by atoms with Gasteiger partial charge in [-0.25, -0.2) is 9.59 Å². The number of aliphatic carboxylic acids is 2. The molecule has 8 nitrogen and oxygen atoms in total. The Morgan fingerprint density at radius 2 is 1.88 bits per heavy atom. The van der Waals surface area contributed by atoms with Gasteiger partial charge in [0.2, 0.25) is 0 Å². The lowest BCUT2D eigenvalue weighted by molar-refractivity contribution is -0.141. The summed E-state index contributed by atoms with van der Waals surface area (Å²) < 4.78 is 5.52. The lowest BCUT2D eigenvalue weighted by Gasteiger charge is -2.32. The molecule has 2 aliphatic rings. The second-order valence-corrected chi connectivity index (χ2v) is 7.68. The summed E-state index contributed by atoms with van der Waals surface area (Å²) in [5.41, 5.74) is 1.23. The average Bonchev–Trinajstić information content (AvgIpc) is 3.21. The van der Waals surface area contributed by atoms with Gasteiger partial charge < -0.3 is 25.2 Å². The van der Waals surface area contributed by atoms with Gasteiger partial charge in [-0.15, -0.1) is 0 Å². The number of hydrogen-bond acceptors (Lipinski definition) is 6. The second kappa shape index (κ2) is 17.4. The number of carboxylic acid groups (broad SMARTS) is 2. The summed E-state index contributed by atoms with van der Waals surface area (Å²) in [7, 11) is 1.79. The van der Waals surface area contributed by atoms with Crippen LogP contribution in [0.3, 0.4) is 0 Å². The maximum Gasteiger partial charge on any atom is 0.341 e. The third kappa shape index (κ3) is 11.5. The van der Waals surface area contributed by atoms with Crippen molar-refractivity contribution in [3.05, 3.63) is 36.1 Å².